The van der Waals surface area contributed by atoms with E-state index in [4.69, 9.17) is 12.6 Å². The van der Waals surface area contributed by atoms with Gasteiger partial charge in [-0.3, -0.25) is 13.8 Å². The Balaban J connectivity index is 4.35. The van der Waals surface area contributed by atoms with E-state index in [0.29, 0.717) is 6.42 Å². The summed E-state index contributed by atoms with van der Waals surface area (Å²) in [7, 11) is -5.12. The lowest BCUT2D eigenvalue weighted by atomic mass is 10.0. The van der Waals surface area contributed by atoms with Crippen molar-refractivity contribution in [3.8, 4) is 0 Å². The molecule has 4 N–H and O–H groups in total. The molecule has 0 spiro atoms. The summed E-state index contributed by atoms with van der Waals surface area (Å²) in [6.45, 7) is -5.84. The summed E-state index contributed by atoms with van der Waals surface area (Å²) < 4.78 is 62.7. The highest BCUT2D eigenvalue weighted by Gasteiger charge is 2.22. The molecule has 0 aromatic rings. The maximum atomic E-state index is 12.0. The smallest absolute Gasteiger partial charge is 0.463 e. The third-order valence-electron chi connectivity index (χ3n) is 4.13. The Morgan fingerprint density at radius 1 is 1.00 bits per heavy atom. The molecule has 0 saturated heterocycles. The topological polar surface area (TPSA) is 128 Å². The van der Waals surface area contributed by atoms with Crippen molar-refractivity contribution >= 4 is 13.8 Å². The van der Waals surface area contributed by atoms with Gasteiger partial charge in [0.25, 0.3) is 0 Å². The highest BCUT2D eigenvalue weighted by molar-refractivity contribution is 7.47. The second kappa shape index (κ2) is 19.5. The Labute approximate surface area is 183 Å². The van der Waals surface area contributed by atoms with Crippen LogP contribution in [-0.4, -0.2) is 48.3 Å². The fraction of sp³-hybridized carbons (Fsp3) is 0.950. The third-order valence-corrected chi connectivity index (χ3v) is 4.96. The molecule has 2 atom stereocenters. The second-order valence-electron chi connectivity index (χ2n) is 6.85. The Hall–Kier alpha value is -0.500. The van der Waals surface area contributed by atoms with Gasteiger partial charge in [0.2, 0.25) is 0 Å². The zero-order valence-electron chi connectivity index (χ0n) is 22.6. The molecule has 0 aromatic heterocycles. The van der Waals surface area contributed by atoms with Crippen LogP contribution in [-0.2, 0) is 23.1 Å². The van der Waals surface area contributed by atoms with E-state index in [1.165, 1.54) is 44.9 Å². The van der Waals surface area contributed by atoms with Gasteiger partial charge in [0, 0.05) is 13.0 Å². The summed E-state index contributed by atoms with van der Waals surface area (Å²) in [4.78, 5) is 21.4. The lowest BCUT2D eigenvalue weighted by Gasteiger charge is -2.15. The maximum absolute atomic E-state index is 12.0. The average molecular weight is 445 g/mol. The number of aliphatic hydroxyl groups is 1. The fourth-order valence-electron chi connectivity index (χ4n) is 2.58. The molecule has 0 rings (SSSR count). The highest BCUT2D eigenvalue weighted by Crippen LogP contribution is 2.42. The summed E-state index contributed by atoms with van der Waals surface area (Å²) in [6.07, 6.45) is 8.89. The van der Waals surface area contributed by atoms with E-state index >= 15 is 0 Å². The number of hydrogen-bond acceptors (Lipinski definition) is 7. The predicted octanol–water partition coefficient (Wildman–Crippen LogP) is 4.07. The number of rotatable bonds is 21. The van der Waals surface area contributed by atoms with Crippen LogP contribution in [0.2, 0.25) is 0 Å². The predicted molar refractivity (Wildman–Crippen MR) is 113 cm³/mol. The molecule has 0 saturated carbocycles. The number of carbonyl (C=O) groups excluding carboxylic acids is 1. The standard InChI is InChI=1S/C20H42NO7P/c1-2-3-4-5-6-7-8-9-10-11-12-13-14-20(23)26-17-19(22)18-28-29(24,25)27-16-15-21/h19,22H,2-18,21H2,1H3,(H,24,25)/t19-/m1/s1/i17D2,18D2,19D. The minimum absolute atomic E-state index is 0.186. The van der Waals surface area contributed by atoms with Crippen LogP contribution < -0.4 is 5.73 Å². The zero-order chi connectivity index (χ0) is 26.3. The van der Waals surface area contributed by atoms with E-state index in [1.807, 2.05) is 0 Å². The summed E-state index contributed by atoms with van der Waals surface area (Å²) in [5, 5.41) is 10.1. The van der Waals surface area contributed by atoms with Crippen LogP contribution in [0, 0.1) is 0 Å². The molecule has 9 heteroatoms. The van der Waals surface area contributed by atoms with Gasteiger partial charge < -0.3 is 20.5 Å². The summed E-state index contributed by atoms with van der Waals surface area (Å²) in [6, 6.07) is 0. The molecule has 29 heavy (non-hydrogen) atoms. The summed E-state index contributed by atoms with van der Waals surface area (Å²) in [5.41, 5.74) is 5.10. The number of phosphoric acid groups is 1. The molecular weight excluding hydrogens is 397 g/mol. The van der Waals surface area contributed by atoms with Crippen molar-refractivity contribution in [1.82, 2.24) is 0 Å². The van der Waals surface area contributed by atoms with E-state index < -0.39 is 39.6 Å². The van der Waals surface area contributed by atoms with E-state index in [2.05, 4.69) is 20.7 Å². The van der Waals surface area contributed by atoms with E-state index in [9.17, 15) is 19.4 Å². The number of ether oxygens (including phenoxy) is 1. The van der Waals surface area contributed by atoms with Crippen LogP contribution in [0.4, 0.5) is 0 Å². The Morgan fingerprint density at radius 3 is 2.03 bits per heavy atom. The number of hydrogen-bond donors (Lipinski definition) is 3. The number of nitrogens with two attached hydrogens (primary N) is 1. The lowest BCUT2D eigenvalue weighted by Crippen LogP contribution is -2.23. The first kappa shape index (κ1) is 20.4. The van der Waals surface area contributed by atoms with E-state index in [-0.39, 0.29) is 13.0 Å². The van der Waals surface area contributed by atoms with Gasteiger partial charge in [-0.25, -0.2) is 4.57 Å². The second-order valence-corrected chi connectivity index (χ2v) is 8.23. The Bertz CT molecular complexity index is 626. The van der Waals surface area contributed by atoms with Crippen LogP contribution in [0.3, 0.4) is 0 Å². The van der Waals surface area contributed by atoms with E-state index in [0.717, 1.165) is 25.7 Å². The molecule has 0 radical (unpaired) electrons. The van der Waals surface area contributed by atoms with Crippen LogP contribution in [0.15, 0.2) is 0 Å². The maximum Gasteiger partial charge on any atom is 0.472 e. The van der Waals surface area contributed by atoms with Crippen molar-refractivity contribution < 1.29 is 40.0 Å². The first-order valence-electron chi connectivity index (χ1n) is 13.0. The molecule has 1 unspecified atom stereocenters. The number of carbonyl (C=O) groups is 1. The van der Waals surface area contributed by atoms with Gasteiger partial charge in [-0.05, 0) is 6.42 Å². The minimum Gasteiger partial charge on any atom is -0.463 e. The van der Waals surface area contributed by atoms with Gasteiger partial charge >= 0.3 is 13.8 Å². The third kappa shape index (κ3) is 20.5. The monoisotopic (exact) mass is 444 g/mol. The van der Waals surface area contributed by atoms with Crippen molar-refractivity contribution in [2.24, 2.45) is 5.73 Å². The fourth-order valence-corrected chi connectivity index (χ4v) is 3.17. The SMILES string of the molecule is [2H]C([2H])(OC(=O)CCCCCCCCCCCCCC)[C@@]([2H])(O)C([2H])([2H])OP(=O)(O)OCCN. The number of phosphoric ester groups is 1. The van der Waals surface area contributed by atoms with Crippen molar-refractivity contribution in [2.75, 3.05) is 26.3 Å². The lowest BCUT2D eigenvalue weighted by molar-refractivity contribution is -0.147. The van der Waals surface area contributed by atoms with Gasteiger partial charge in [0.1, 0.15) is 12.6 Å². The van der Waals surface area contributed by atoms with Crippen molar-refractivity contribution in [3.63, 3.8) is 0 Å². The molecule has 0 heterocycles. The number of unbranched alkanes of at least 4 members (excludes halogenated alkanes) is 11. The molecule has 174 valence electrons. The normalized spacial score (nSPS) is 19.1. The van der Waals surface area contributed by atoms with Crippen LogP contribution in [0.5, 0.6) is 0 Å². The van der Waals surface area contributed by atoms with Crippen molar-refractivity contribution in [2.45, 2.75) is 96.5 Å². The van der Waals surface area contributed by atoms with Crippen LogP contribution in [0.1, 0.15) is 97.2 Å². The zero-order valence-corrected chi connectivity index (χ0v) is 18.5. The molecule has 0 fully saturated rings. The van der Waals surface area contributed by atoms with Gasteiger partial charge in [-0.15, -0.1) is 0 Å². The van der Waals surface area contributed by atoms with Crippen LogP contribution >= 0.6 is 7.82 Å². The largest absolute Gasteiger partial charge is 0.472 e. The van der Waals surface area contributed by atoms with Crippen molar-refractivity contribution in [1.29, 1.82) is 0 Å². The Morgan fingerprint density at radius 2 is 1.52 bits per heavy atom. The van der Waals surface area contributed by atoms with Crippen molar-refractivity contribution in [3.05, 3.63) is 0 Å². The van der Waals surface area contributed by atoms with Gasteiger partial charge in [-0.1, -0.05) is 77.6 Å². The molecule has 0 aliphatic heterocycles. The molecule has 0 aliphatic rings. The van der Waals surface area contributed by atoms with E-state index in [1.54, 1.807) is 0 Å². The molecule has 0 amide bonds. The first-order chi connectivity index (χ1) is 15.7. The Kier molecular flexibility index (Phi) is 13.7. The first-order valence-corrected chi connectivity index (χ1v) is 12.0. The summed E-state index contributed by atoms with van der Waals surface area (Å²) in [5.74, 6) is -1.08. The molecule has 0 bridgehead atoms. The van der Waals surface area contributed by atoms with Gasteiger partial charge in [0.05, 0.1) is 20.0 Å². The molecule has 0 aromatic carbocycles. The molecule has 0 aliphatic carbocycles. The minimum atomic E-state index is -5.12. The molecular formula is C20H42NO7P. The molecule has 8 nitrogen and oxygen atoms in total. The van der Waals surface area contributed by atoms with Crippen LogP contribution in [0.25, 0.3) is 0 Å². The average Bonchev–Trinajstić information content (AvgIpc) is 2.71. The quantitative estimate of drug-likeness (QED) is 0.137. The number of esters is 1. The highest BCUT2D eigenvalue weighted by atomic mass is 31.2. The summed E-state index contributed by atoms with van der Waals surface area (Å²) >= 11 is 0. The van der Waals surface area contributed by atoms with Gasteiger partial charge in [-0.2, -0.15) is 0 Å². The van der Waals surface area contributed by atoms with Gasteiger partial charge in [0.15, 0.2) is 0 Å².